The van der Waals surface area contributed by atoms with Crippen molar-refractivity contribution in [3.8, 4) is 0 Å². The minimum atomic E-state index is -0.387. The van der Waals surface area contributed by atoms with E-state index in [0.29, 0.717) is 6.54 Å². The molecule has 0 radical (unpaired) electrons. The first-order chi connectivity index (χ1) is 4.72. The van der Waals surface area contributed by atoms with Gasteiger partial charge in [-0.3, -0.25) is 4.79 Å². The van der Waals surface area contributed by atoms with Crippen LogP contribution in [-0.4, -0.2) is 23.4 Å². The summed E-state index contributed by atoms with van der Waals surface area (Å²) in [6, 6.07) is 0. The van der Waals surface area contributed by atoms with E-state index in [0.717, 1.165) is 0 Å². The van der Waals surface area contributed by atoms with E-state index < -0.39 is 0 Å². The van der Waals surface area contributed by atoms with Gasteiger partial charge < -0.3 is 10.5 Å². The summed E-state index contributed by atoms with van der Waals surface area (Å²) >= 11 is 0. The summed E-state index contributed by atoms with van der Waals surface area (Å²) in [5, 5.41) is 13.3. The fourth-order valence-electron chi connectivity index (χ4n) is 0.338. The van der Waals surface area contributed by atoms with Crippen LogP contribution in [0, 0.1) is 0 Å². The van der Waals surface area contributed by atoms with Crippen molar-refractivity contribution in [1.29, 1.82) is 0 Å². The van der Waals surface area contributed by atoms with E-state index >= 15 is 0 Å². The van der Waals surface area contributed by atoms with Crippen molar-refractivity contribution in [3.63, 3.8) is 0 Å². The van der Waals surface area contributed by atoms with Gasteiger partial charge in [-0.1, -0.05) is 11.2 Å². The molecule has 2 N–H and O–H groups in total. The van der Waals surface area contributed by atoms with E-state index in [1.165, 1.54) is 6.92 Å². The number of hydrogen-bond acceptors (Lipinski definition) is 3. The van der Waals surface area contributed by atoms with Gasteiger partial charge in [-0.15, -0.1) is 6.58 Å². The summed E-state index contributed by atoms with van der Waals surface area (Å²) in [6.07, 6.45) is 1.54. The maximum atomic E-state index is 10.7. The fraction of sp³-hybridized carbons (Fsp3) is 0.333. The Kier molecular flexibility index (Phi) is 3.95. The SMILES string of the molecule is C=CCNC(=O)/C(C)=N/O. The second kappa shape index (κ2) is 4.55. The molecular formula is C6H10N2O2. The van der Waals surface area contributed by atoms with Crippen LogP contribution in [0.2, 0.25) is 0 Å². The lowest BCUT2D eigenvalue weighted by Gasteiger charge is -1.97. The van der Waals surface area contributed by atoms with Crippen molar-refractivity contribution in [1.82, 2.24) is 5.32 Å². The van der Waals surface area contributed by atoms with E-state index in [9.17, 15) is 4.79 Å². The van der Waals surface area contributed by atoms with Gasteiger partial charge in [0.2, 0.25) is 0 Å². The van der Waals surface area contributed by atoms with E-state index in [-0.39, 0.29) is 11.6 Å². The number of nitrogens with zero attached hydrogens (tertiary/aromatic N) is 1. The Morgan fingerprint density at radius 2 is 2.50 bits per heavy atom. The number of carbonyl (C=O) groups is 1. The van der Waals surface area contributed by atoms with Gasteiger partial charge in [0.25, 0.3) is 5.91 Å². The number of amides is 1. The highest BCUT2D eigenvalue weighted by molar-refractivity contribution is 6.37. The molecule has 0 aromatic rings. The van der Waals surface area contributed by atoms with Gasteiger partial charge >= 0.3 is 0 Å². The third kappa shape index (κ3) is 2.86. The molecule has 0 saturated heterocycles. The van der Waals surface area contributed by atoms with Crippen LogP contribution in [0.5, 0.6) is 0 Å². The van der Waals surface area contributed by atoms with E-state index in [1.807, 2.05) is 0 Å². The highest BCUT2D eigenvalue weighted by atomic mass is 16.4. The Morgan fingerprint density at radius 3 is 2.90 bits per heavy atom. The average Bonchev–Trinajstić information content (AvgIpc) is 1.98. The molecule has 0 aliphatic rings. The topological polar surface area (TPSA) is 61.7 Å². The molecular weight excluding hydrogens is 132 g/mol. The molecule has 0 saturated carbocycles. The monoisotopic (exact) mass is 142 g/mol. The van der Waals surface area contributed by atoms with Crippen LogP contribution in [0.25, 0.3) is 0 Å². The first kappa shape index (κ1) is 8.68. The predicted octanol–water partition coefficient (Wildman–Crippen LogP) is 0.139. The summed E-state index contributed by atoms with van der Waals surface area (Å²) in [4.78, 5) is 10.7. The van der Waals surface area contributed by atoms with Crippen molar-refractivity contribution in [2.45, 2.75) is 6.92 Å². The van der Waals surface area contributed by atoms with Gasteiger partial charge in [-0.25, -0.2) is 0 Å². The highest BCUT2D eigenvalue weighted by Gasteiger charge is 2.02. The highest BCUT2D eigenvalue weighted by Crippen LogP contribution is 1.74. The molecule has 0 atom stereocenters. The number of hydrogen-bond donors (Lipinski definition) is 2. The molecule has 0 spiro atoms. The number of nitrogens with one attached hydrogen (secondary N) is 1. The minimum Gasteiger partial charge on any atom is -0.410 e. The third-order valence-electron chi connectivity index (χ3n) is 0.886. The number of rotatable bonds is 3. The molecule has 0 aromatic heterocycles. The smallest absolute Gasteiger partial charge is 0.269 e. The standard InChI is InChI=1S/C6H10N2O2/c1-3-4-7-6(9)5(2)8-10/h3,10H,1,4H2,2H3,(H,7,9)/b8-5+. The maximum Gasteiger partial charge on any atom is 0.269 e. The number of oxime groups is 1. The van der Waals surface area contributed by atoms with Gasteiger partial charge in [-0.05, 0) is 6.92 Å². The van der Waals surface area contributed by atoms with Crippen LogP contribution in [0.15, 0.2) is 17.8 Å². The Bertz CT molecular complexity index is 163. The zero-order chi connectivity index (χ0) is 7.98. The minimum absolute atomic E-state index is 0.0434. The van der Waals surface area contributed by atoms with Crippen molar-refractivity contribution < 1.29 is 10.0 Å². The molecule has 4 nitrogen and oxygen atoms in total. The zero-order valence-corrected chi connectivity index (χ0v) is 5.79. The summed E-state index contributed by atoms with van der Waals surface area (Å²) in [5.74, 6) is -0.387. The molecule has 0 heterocycles. The molecule has 0 fully saturated rings. The van der Waals surface area contributed by atoms with Gasteiger partial charge in [0.15, 0.2) is 0 Å². The molecule has 4 heteroatoms. The van der Waals surface area contributed by atoms with Crippen molar-refractivity contribution in [2.24, 2.45) is 5.16 Å². The normalized spacial score (nSPS) is 10.7. The summed E-state index contributed by atoms with van der Waals surface area (Å²) in [6.45, 7) is 5.20. The van der Waals surface area contributed by atoms with Crippen LogP contribution in [-0.2, 0) is 4.79 Å². The first-order valence-electron chi connectivity index (χ1n) is 2.80. The quantitative estimate of drug-likeness (QED) is 0.255. The van der Waals surface area contributed by atoms with Crippen molar-refractivity contribution >= 4 is 11.6 Å². The summed E-state index contributed by atoms with van der Waals surface area (Å²) in [5.41, 5.74) is 0.0434. The van der Waals surface area contributed by atoms with Gasteiger partial charge in [0, 0.05) is 6.54 Å². The lowest BCUT2D eigenvalue weighted by atomic mass is 10.4. The van der Waals surface area contributed by atoms with E-state index in [1.54, 1.807) is 6.08 Å². The van der Waals surface area contributed by atoms with E-state index in [4.69, 9.17) is 5.21 Å². The Labute approximate surface area is 59.2 Å². The van der Waals surface area contributed by atoms with Crippen LogP contribution in [0.3, 0.4) is 0 Å². The molecule has 0 rings (SSSR count). The molecule has 10 heavy (non-hydrogen) atoms. The van der Waals surface area contributed by atoms with Gasteiger partial charge in [0.1, 0.15) is 5.71 Å². The lowest BCUT2D eigenvalue weighted by Crippen LogP contribution is -2.29. The summed E-state index contributed by atoms with van der Waals surface area (Å²) < 4.78 is 0. The third-order valence-corrected chi connectivity index (χ3v) is 0.886. The molecule has 56 valence electrons. The molecule has 0 unspecified atom stereocenters. The van der Waals surface area contributed by atoms with Crippen LogP contribution in [0.4, 0.5) is 0 Å². The second-order valence-electron chi connectivity index (χ2n) is 1.68. The molecule has 0 aliphatic carbocycles. The second-order valence-corrected chi connectivity index (χ2v) is 1.68. The Morgan fingerprint density at radius 1 is 1.90 bits per heavy atom. The number of carbonyl (C=O) groups excluding carboxylic acids is 1. The zero-order valence-electron chi connectivity index (χ0n) is 5.79. The van der Waals surface area contributed by atoms with Crippen LogP contribution >= 0.6 is 0 Å². The van der Waals surface area contributed by atoms with Crippen molar-refractivity contribution in [3.05, 3.63) is 12.7 Å². The van der Waals surface area contributed by atoms with Crippen LogP contribution in [0.1, 0.15) is 6.92 Å². The molecule has 0 aliphatic heterocycles. The molecule has 1 amide bonds. The first-order valence-corrected chi connectivity index (χ1v) is 2.80. The van der Waals surface area contributed by atoms with E-state index in [2.05, 4.69) is 17.1 Å². The fourth-order valence-corrected chi connectivity index (χ4v) is 0.338. The van der Waals surface area contributed by atoms with Gasteiger partial charge in [0.05, 0.1) is 0 Å². The largest absolute Gasteiger partial charge is 0.410 e. The molecule has 0 bridgehead atoms. The van der Waals surface area contributed by atoms with Gasteiger partial charge in [-0.2, -0.15) is 0 Å². The Hall–Kier alpha value is -1.32. The molecule has 0 aromatic carbocycles. The maximum absolute atomic E-state index is 10.7. The predicted molar refractivity (Wildman–Crippen MR) is 38.1 cm³/mol. The Balaban J connectivity index is 3.74. The lowest BCUT2D eigenvalue weighted by molar-refractivity contribution is -0.114. The van der Waals surface area contributed by atoms with Crippen LogP contribution < -0.4 is 5.32 Å². The van der Waals surface area contributed by atoms with Crippen molar-refractivity contribution in [2.75, 3.05) is 6.54 Å². The average molecular weight is 142 g/mol. The summed E-state index contributed by atoms with van der Waals surface area (Å²) in [7, 11) is 0.